The van der Waals surface area contributed by atoms with Crippen LogP contribution in [0, 0.1) is 0 Å². The summed E-state index contributed by atoms with van der Waals surface area (Å²) in [5.74, 6) is -1.66. The second kappa shape index (κ2) is 10.0. The van der Waals surface area contributed by atoms with E-state index in [-0.39, 0.29) is 18.9 Å². The number of ether oxygens (including phenoxy) is 1. The van der Waals surface area contributed by atoms with Crippen LogP contribution in [0.4, 0.5) is 4.79 Å². The van der Waals surface area contributed by atoms with E-state index in [1.807, 2.05) is 42.5 Å². The van der Waals surface area contributed by atoms with E-state index < -0.39 is 29.6 Å². The molecule has 1 aliphatic carbocycles. The van der Waals surface area contributed by atoms with Gasteiger partial charge in [-0.3, -0.25) is 9.59 Å². The number of amides is 2. The van der Waals surface area contributed by atoms with E-state index in [0.717, 1.165) is 22.3 Å². The Morgan fingerprint density at radius 1 is 0.914 bits per heavy atom. The lowest BCUT2D eigenvalue weighted by molar-refractivity contribution is -0.137. The highest BCUT2D eigenvalue weighted by Crippen LogP contribution is 2.44. The van der Waals surface area contributed by atoms with E-state index in [4.69, 9.17) is 9.84 Å². The van der Waals surface area contributed by atoms with Gasteiger partial charge in [-0.15, -0.1) is 0 Å². The number of aliphatic carboxylic acids is 1. The van der Waals surface area contributed by atoms with Gasteiger partial charge in [0.25, 0.3) is 0 Å². The van der Waals surface area contributed by atoms with Gasteiger partial charge in [0.2, 0.25) is 5.91 Å². The highest BCUT2D eigenvalue weighted by atomic mass is 16.5. The van der Waals surface area contributed by atoms with Crippen molar-refractivity contribution in [3.8, 4) is 11.1 Å². The van der Waals surface area contributed by atoms with Crippen LogP contribution >= 0.6 is 0 Å². The lowest BCUT2D eigenvalue weighted by atomic mass is 9.90. The lowest BCUT2D eigenvalue weighted by Gasteiger charge is -2.31. The molecular weight excluding hydrogens is 444 g/mol. The van der Waals surface area contributed by atoms with Crippen molar-refractivity contribution in [2.24, 2.45) is 0 Å². The first kappa shape index (κ1) is 24.0. The fourth-order valence-electron chi connectivity index (χ4n) is 4.55. The van der Waals surface area contributed by atoms with Crippen molar-refractivity contribution in [1.82, 2.24) is 10.6 Å². The van der Waals surface area contributed by atoms with Gasteiger partial charge in [0.05, 0.1) is 6.42 Å². The van der Waals surface area contributed by atoms with Crippen LogP contribution in [0.3, 0.4) is 0 Å². The van der Waals surface area contributed by atoms with E-state index in [2.05, 4.69) is 22.8 Å². The van der Waals surface area contributed by atoms with Crippen LogP contribution in [0.2, 0.25) is 0 Å². The molecular formula is C28H28N2O5. The molecule has 3 aromatic rings. The molecule has 4 rings (SSSR count). The third-order valence-electron chi connectivity index (χ3n) is 6.36. The Labute approximate surface area is 204 Å². The van der Waals surface area contributed by atoms with Crippen LogP contribution in [-0.2, 0) is 19.9 Å². The summed E-state index contributed by atoms with van der Waals surface area (Å²) in [7, 11) is 0. The smallest absolute Gasteiger partial charge is 0.408 e. The number of carboxylic acid groups (broad SMARTS) is 1. The van der Waals surface area contributed by atoms with E-state index >= 15 is 0 Å². The zero-order valence-corrected chi connectivity index (χ0v) is 19.7. The minimum absolute atomic E-state index is 0.111. The number of carbonyl (C=O) groups is 3. The third-order valence-corrected chi connectivity index (χ3v) is 6.36. The van der Waals surface area contributed by atoms with Crippen molar-refractivity contribution in [2.45, 2.75) is 37.8 Å². The largest absolute Gasteiger partial charge is 0.481 e. The first-order valence-corrected chi connectivity index (χ1v) is 11.5. The maximum atomic E-state index is 13.2. The van der Waals surface area contributed by atoms with Crippen molar-refractivity contribution in [1.29, 1.82) is 0 Å². The van der Waals surface area contributed by atoms with Crippen molar-refractivity contribution in [3.05, 3.63) is 95.6 Å². The van der Waals surface area contributed by atoms with Gasteiger partial charge in [0, 0.05) is 12.0 Å². The zero-order valence-electron chi connectivity index (χ0n) is 19.7. The Bertz CT molecular complexity index is 1200. The molecule has 7 heteroatoms. The molecule has 35 heavy (non-hydrogen) atoms. The summed E-state index contributed by atoms with van der Waals surface area (Å²) < 4.78 is 5.65. The number of alkyl carbamates (subject to hydrolysis) is 1. The van der Waals surface area contributed by atoms with E-state index in [0.29, 0.717) is 5.56 Å². The Morgan fingerprint density at radius 2 is 1.46 bits per heavy atom. The van der Waals surface area contributed by atoms with Crippen LogP contribution in [0.5, 0.6) is 0 Å². The van der Waals surface area contributed by atoms with Crippen molar-refractivity contribution < 1.29 is 24.2 Å². The molecule has 0 radical (unpaired) electrons. The minimum atomic E-state index is -1.46. The van der Waals surface area contributed by atoms with Gasteiger partial charge in [-0.25, -0.2) is 4.79 Å². The van der Waals surface area contributed by atoms with Crippen LogP contribution in [0.25, 0.3) is 11.1 Å². The average molecular weight is 473 g/mol. The molecule has 3 aromatic carbocycles. The van der Waals surface area contributed by atoms with Crippen LogP contribution < -0.4 is 10.6 Å². The first-order valence-electron chi connectivity index (χ1n) is 11.5. The van der Waals surface area contributed by atoms with Crippen LogP contribution in [0.15, 0.2) is 78.9 Å². The van der Waals surface area contributed by atoms with Gasteiger partial charge in [0.15, 0.2) is 0 Å². The molecule has 1 aliphatic rings. The summed E-state index contributed by atoms with van der Waals surface area (Å²) in [5.41, 5.74) is 3.51. The summed E-state index contributed by atoms with van der Waals surface area (Å²) >= 11 is 0. The van der Waals surface area contributed by atoms with Gasteiger partial charge in [0.1, 0.15) is 12.1 Å². The quantitative estimate of drug-likeness (QED) is 0.450. The Hall–Kier alpha value is -4.13. The van der Waals surface area contributed by atoms with Gasteiger partial charge in [-0.05, 0) is 41.7 Å². The van der Waals surface area contributed by atoms with E-state index in [1.54, 1.807) is 38.1 Å². The number of carbonyl (C=O) groups excluding carboxylic acids is 2. The number of hydrogen-bond donors (Lipinski definition) is 3. The van der Waals surface area contributed by atoms with Crippen LogP contribution in [-0.4, -0.2) is 35.7 Å². The fraction of sp³-hybridized carbons (Fsp3) is 0.250. The molecule has 0 aromatic heterocycles. The van der Waals surface area contributed by atoms with Gasteiger partial charge in [-0.2, -0.15) is 0 Å². The number of benzene rings is 3. The molecule has 3 N–H and O–H groups in total. The Kier molecular flexibility index (Phi) is 6.87. The molecule has 0 fully saturated rings. The Balaban J connectivity index is 1.51. The predicted molar refractivity (Wildman–Crippen MR) is 132 cm³/mol. The lowest BCUT2D eigenvalue weighted by Crippen LogP contribution is -2.56. The van der Waals surface area contributed by atoms with Gasteiger partial charge >= 0.3 is 12.1 Å². The topological polar surface area (TPSA) is 105 Å². The molecule has 0 heterocycles. The monoisotopic (exact) mass is 472 g/mol. The zero-order chi connectivity index (χ0) is 25.0. The normalized spacial score (nSPS) is 14.7. The molecule has 2 amide bonds. The number of nitrogens with one attached hydrogen (secondary N) is 2. The highest BCUT2D eigenvalue weighted by molar-refractivity contribution is 5.91. The number of fused-ring (bicyclic) bond motifs is 3. The molecule has 1 unspecified atom stereocenters. The number of rotatable bonds is 8. The second-order valence-electron chi connectivity index (χ2n) is 8.91. The van der Waals surface area contributed by atoms with E-state index in [1.165, 1.54) is 0 Å². The molecule has 0 saturated carbocycles. The fourth-order valence-corrected chi connectivity index (χ4v) is 4.55. The standard InChI is InChI=1S/C28H28N2O5/c1-18(16-25(31)32)29-26(33)28(2,19-10-4-3-5-11-19)30-27(34)35-17-24-22-14-8-6-12-20(22)21-13-7-9-15-23(21)24/h3-15,18,24H,16-17H2,1-2H3,(H,29,33)(H,30,34)(H,31,32)/t18-,28?/m0/s1. The molecule has 7 nitrogen and oxygen atoms in total. The summed E-state index contributed by atoms with van der Waals surface area (Å²) in [6.45, 7) is 3.29. The minimum Gasteiger partial charge on any atom is -0.481 e. The maximum Gasteiger partial charge on any atom is 0.408 e. The molecule has 2 atom stereocenters. The van der Waals surface area contributed by atoms with Crippen molar-refractivity contribution in [2.75, 3.05) is 6.61 Å². The van der Waals surface area contributed by atoms with Gasteiger partial charge < -0.3 is 20.5 Å². The summed E-state index contributed by atoms with van der Waals surface area (Å²) in [6.07, 6.45) is -0.971. The molecule has 0 spiro atoms. The molecule has 0 aliphatic heterocycles. The molecule has 0 saturated heterocycles. The van der Waals surface area contributed by atoms with E-state index in [9.17, 15) is 14.4 Å². The number of hydrogen-bond acceptors (Lipinski definition) is 4. The third kappa shape index (κ3) is 5.04. The Morgan fingerprint density at radius 3 is 2.03 bits per heavy atom. The van der Waals surface area contributed by atoms with Crippen molar-refractivity contribution in [3.63, 3.8) is 0 Å². The van der Waals surface area contributed by atoms with Crippen LogP contribution in [0.1, 0.15) is 42.9 Å². The predicted octanol–water partition coefficient (Wildman–Crippen LogP) is 4.42. The summed E-state index contributed by atoms with van der Waals surface area (Å²) in [5, 5.41) is 14.4. The highest BCUT2D eigenvalue weighted by Gasteiger charge is 2.38. The molecule has 180 valence electrons. The summed E-state index contributed by atoms with van der Waals surface area (Å²) in [4.78, 5) is 37.2. The molecule has 0 bridgehead atoms. The first-order chi connectivity index (χ1) is 16.8. The average Bonchev–Trinajstić information content (AvgIpc) is 3.16. The summed E-state index contributed by atoms with van der Waals surface area (Å²) in [6, 6.07) is 24.3. The SMILES string of the molecule is C[C@@H](CC(=O)O)NC(=O)C(C)(NC(=O)OCC1c2ccccc2-c2ccccc21)c1ccccc1. The van der Waals surface area contributed by atoms with Gasteiger partial charge in [-0.1, -0.05) is 78.9 Å². The number of carboxylic acids is 1. The van der Waals surface area contributed by atoms with Crippen molar-refractivity contribution >= 4 is 18.0 Å². The maximum absolute atomic E-state index is 13.2. The second-order valence-corrected chi connectivity index (χ2v) is 8.91.